The van der Waals surface area contributed by atoms with E-state index in [1.165, 1.54) is 0 Å². The fraction of sp³-hybridized carbons (Fsp3) is 0.286. The van der Waals surface area contributed by atoms with Gasteiger partial charge in [0.15, 0.2) is 5.05 Å². The number of alkyl halides is 3. The summed E-state index contributed by atoms with van der Waals surface area (Å²) < 4.78 is 44.9. The van der Waals surface area contributed by atoms with E-state index in [9.17, 15) is 13.2 Å². The minimum absolute atomic E-state index is 0.0393. The van der Waals surface area contributed by atoms with Gasteiger partial charge in [-0.05, 0) is 38.2 Å². The summed E-state index contributed by atoms with van der Waals surface area (Å²) in [7, 11) is 0. The Labute approximate surface area is 151 Å². The van der Waals surface area contributed by atoms with Gasteiger partial charge in [0.2, 0.25) is 0 Å². The molecule has 1 aromatic heterocycles. The van der Waals surface area contributed by atoms with Crippen molar-refractivity contribution in [3.05, 3.63) is 39.0 Å². The molecule has 2 aromatic rings. The molecule has 0 aliphatic rings. The third-order valence-electron chi connectivity index (χ3n) is 3.13. The normalized spacial score (nSPS) is 11.6. The first-order chi connectivity index (χ1) is 11.1. The van der Waals surface area contributed by atoms with Crippen molar-refractivity contribution in [1.29, 1.82) is 0 Å². The summed E-state index contributed by atoms with van der Waals surface area (Å²) in [5, 5.41) is 3.83. The van der Waals surface area contributed by atoms with Crippen LogP contribution in [0.2, 0.25) is 10.0 Å². The first kappa shape index (κ1) is 18.8. The second kappa shape index (κ2) is 6.78. The van der Waals surface area contributed by atoms with E-state index in [1.54, 1.807) is 13.8 Å². The average molecular weight is 398 g/mol. The van der Waals surface area contributed by atoms with E-state index < -0.39 is 11.7 Å². The number of hydrogen-bond donors (Lipinski definition) is 1. The lowest BCUT2D eigenvalue weighted by Crippen LogP contribution is -2.10. The lowest BCUT2D eigenvalue weighted by Gasteiger charge is -2.13. The molecule has 2 N–H and O–H groups in total. The standard InChI is InChI=1S/C14H12Cl2F3N3OS/c1-3-23-13(24)10-6(2)21-22(12(10)20)11-8(15)4-7(5-9(11)16)14(17,18)19/h4-5H,3,20H2,1-2H3. The van der Waals surface area contributed by atoms with Gasteiger partial charge in [0.25, 0.3) is 0 Å². The number of rotatable bonds is 3. The van der Waals surface area contributed by atoms with Crippen LogP contribution < -0.4 is 5.73 Å². The number of halogens is 5. The van der Waals surface area contributed by atoms with Gasteiger partial charge in [-0.1, -0.05) is 23.2 Å². The third kappa shape index (κ3) is 3.45. The second-order valence-electron chi connectivity index (χ2n) is 4.76. The molecule has 0 fully saturated rings. The van der Waals surface area contributed by atoms with E-state index in [4.69, 9.17) is 45.9 Å². The molecule has 0 amide bonds. The van der Waals surface area contributed by atoms with Gasteiger partial charge in [-0.15, -0.1) is 0 Å². The molecule has 0 spiro atoms. The molecule has 0 unspecified atom stereocenters. The van der Waals surface area contributed by atoms with Crippen molar-refractivity contribution in [1.82, 2.24) is 9.78 Å². The molecule has 0 radical (unpaired) electrons. The van der Waals surface area contributed by atoms with Crippen LogP contribution in [0.5, 0.6) is 0 Å². The SMILES string of the molecule is CCOC(=S)c1c(C)nn(-c2c(Cl)cc(C(F)(F)F)cc2Cl)c1N. The minimum atomic E-state index is -4.57. The molecule has 10 heteroatoms. The number of aromatic nitrogens is 2. The highest BCUT2D eigenvalue weighted by Gasteiger charge is 2.32. The summed E-state index contributed by atoms with van der Waals surface area (Å²) in [6.07, 6.45) is -4.57. The van der Waals surface area contributed by atoms with E-state index in [0.29, 0.717) is 17.9 Å². The van der Waals surface area contributed by atoms with Crippen LogP contribution >= 0.6 is 35.4 Å². The summed E-state index contributed by atoms with van der Waals surface area (Å²) in [6, 6.07) is 1.53. The monoisotopic (exact) mass is 397 g/mol. The Morgan fingerprint density at radius 3 is 2.33 bits per heavy atom. The quantitative estimate of drug-likeness (QED) is 0.755. The topological polar surface area (TPSA) is 53.1 Å². The molecular weight excluding hydrogens is 386 g/mol. The number of thiocarbonyl (C=S) groups is 1. The highest BCUT2D eigenvalue weighted by atomic mass is 35.5. The van der Waals surface area contributed by atoms with Crippen LogP contribution in [0.25, 0.3) is 5.69 Å². The van der Waals surface area contributed by atoms with Gasteiger partial charge in [0, 0.05) is 0 Å². The molecule has 130 valence electrons. The fourth-order valence-electron chi connectivity index (χ4n) is 2.10. The minimum Gasteiger partial charge on any atom is -0.483 e. The Balaban J connectivity index is 2.62. The number of nitrogen functional groups attached to an aromatic ring is 1. The van der Waals surface area contributed by atoms with Crippen molar-refractivity contribution in [2.24, 2.45) is 0 Å². The largest absolute Gasteiger partial charge is 0.483 e. The van der Waals surface area contributed by atoms with Crippen LogP contribution in [0.15, 0.2) is 12.1 Å². The number of benzene rings is 1. The fourth-order valence-corrected chi connectivity index (χ4v) is 3.12. The molecule has 1 aromatic carbocycles. The Bertz CT molecular complexity index is 782. The molecule has 0 saturated heterocycles. The lowest BCUT2D eigenvalue weighted by atomic mass is 10.2. The summed E-state index contributed by atoms with van der Waals surface area (Å²) >= 11 is 17.1. The van der Waals surface area contributed by atoms with Crippen molar-refractivity contribution in [3.8, 4) is 5.69 Å². The third-order valence-corrected chi connectivity index (χ3v) is 4.03. The molecule has 0 bridgehead atoms. The molecule has 1 heterocycles. The van der Waals surface area contributed by atoms with Gasteiger partial charge in [-0.25, -0.2) is 4.68 Å². The van der Waals surface area contributed by atoms with Gasteiger partial charge in [0.1, 0.15) is 11.5 Å². The van der Waals surface area contributed by atoms with Crippen molar-refractivity contribution in [2.45, 2.75) is 20.0 Å². The summed E-state index contributed by atoms with van der Waals surface area (Å²) in [5.41, 5.74) is 5.91. The molecule has 2 rings (SSSR count). The van der Waals surface area contributed by atoms with E-state index in [1.807, 2.05) is 0 Å². The van der Waals surface area contributed by atoms with Crippen LogP contribution in [0.1, 0.15) is 23.7 Å². The first-order valence-corrected chi connectivity index (χ1v) is 7.83. The highest BCUT2D eigenvalue weighted by molar-refractivity contribution is 7.80. The molecule has 0 saturated carbocycles. The Hall–Kier alpha value is -1.51. The zero-order chi connectivity index (χ0) is 18.2. The molecule has 0 aliphatic heterocycles. The van der Waals surface area contributed by atoms with E-state index in [0.717, 1.165) is 16.8 Å². The van der Waals surface area contributed by atoms with Crippen molar-refractivity contribution >= 4 is 46.3 Å². The van der Waals surface area contributed by atoms with Crippen LogP contribution in [0.4, 0.5) is 19.0 Å². The molecule has 24 heavy (non-hydrogen) atoms. The van der Waals surface area contributed by atoms with Crippen molar-refractivity contribution in [3.63, 3.8) is 0 Å². The van der Waals surface area contributed by atoms with Gasteiger partial charge >= 0.3 is 6.18 Å². The zero-order valence-electron chi connectivity index (χ0n) is 12.5. The average Bonchev–Trinajstić information content (AvgIpc) is 2.72. The van der Waals surface area contributed by atoms with Crippen LogP contribution in [0, 0.1) is 6.92 Å². The second-order valence-corrected chi connectivity index (χ2v) is 5.95. The zero-order valence-corrected chi connectivity index (χ0v) is 14.9. The molecule has 0 aliphatic carbocycles. The molecule has 0 atom stereocenters. The van der Waals surface area contributed by atoms with Crippen LogP contribution in [-0.4, -0.2) is 21.4 Å². The number of ether oxygens (including phenoxy) is 1. The number of nitrogens with zero attached hydrogens (tertiary/aromatic N) is 2. The molecular formula is C14H12Cl2F3N3OS. The molecule has 4 nitrogen and oxygen atoms in total. The summed E-state index contributed by atoms with van der Waals surface area (Å²) in [5.74, 6) is 0.0782. The van der Waals surface area contributed by atoms with E-state index in [2.05, 4.69) is 5.10 Å². The number of aryl methyl sites for hydroxylation is 1. The van der Waals surface area contributed by atoms with Crippen LogP contribution in [-0.2, 0) is 10.9 Å². The maximum atomic E-state index is 12.8. The number of nitrogens with two attached hydrogens (primary N) is 1. The smallest absolute Gasteiger partial charge is 0.416 e. The van der Waals surface area contributed by atoms with Gasteiger partial charge in [-0.2, -0.15) is 18.3 Å². The first-order valence-electron chi connectivity index (χ1n) is 6.66. The van der Waals surface area contributed by atoms with E-state index >= 15 is 0 Å². The van der Waals surface area contributed by atoms with Gasteiger partial charge < -0.3 is 10.5 Å². The Morgan fingerprint density at radius 1 is 1.33 bits per heavy atom. The summed E-state index contributed by atoms with van der Waals surface area (Å²) in [6.45, 7) is 3.73. The van der Waals surface area contributed by atoms with Crippen molar-refractivity contribution < 1.29 is 17.9 Å². The van der Waals surface area contributed by atoms with Crippen LogP contribution in [0.3, 0.4) is 0 Å². The Morgan fingerprint density at radius 2 is 1.88 bits per heavy atom. The lowest BCUT2D eigenvalue weighted by molar-refractivity contribution is -0.137. The van der Waals surface area contributed by atoms with E-state index in [-0.39, 0.29) is 26.6 Å². The van der Waals surface area contributed by atoms with Gasteiger partial charge in [-0.3, -0.25) is 0 Å². The van der Waals surface area contributed by atoms with Crippen molar-refractivity contribution in [2.75, 3.05) is 12.3 Å². The number of hydrogen-bond acceptors (Lipinski definition) is 4. The van der Waals surface area contributed by atoms with Gasteiger partial charge in [0.05, 0.1) is 33.5 Å². The summed E-state index contributed by atoms with van der Waals surface area (Å²) in [4.78, 5) is 0. The number of anilines is 1. The Kier molecular flexibility index (Phi) is 5.31. The predicted molar refractivity (Wildman–Crippen MR) is 91.1 cm³/mol. The predicted octanol–water partition coefficient (Wildman–Crippen LogP) is 4.80. The maximum Gasteiger partial charge on any atom is 0.416 e. The maximum absolute atomic E-state index is 12.8. The highest BCUT2D eigenvalue weighted by Crippen LogP contribution is 2.38.